The van der Waals surface area contributed by atoms with Crippen molar-refractivity contribution in [2.45, 2.75) is 4.90 Å². The van der Waals surface area contributed by atoms with Crippen LogP contribution >= 0.6 is 11.8 Å². The summed E-state index contributed by atoms with van der Waals surface area (Å²) >= 11 is 1.36. The molecule has 0 aliphatic carbocycles. The van der Waals surface area contributed by atoms with Crippen LogP contribution in [-0.2, 0) is 14.9 Å². The fourth-order valence-corrected chi connectivity index (χ4v) is 4.66. The summed E-state index contributed by atoms with van der Waals surface area (Å²) < 4.78 is 26.5. The Morgan fingerprint density at radius 1 is 1.12 bits per heavy atom. The average molecular weight is 378 g/mol. The summed E-state index contributed by atoms with van der Waals surface area (Å²) in [4.78, 5) is 16.6. The van der Waals surface area contributed by atoms with Crippen LogP contribution in [0.1, 0.15) is 5.56 Å². The molecular weight excluding hydrogens is 364 g/mol. The Morgan fingerprint density at radius 2 is 1.80 bits per heavy atom. The van der Waals surface area contributed by atoms with Crippen molar-refractivity contribution in [3.63, 3.8) is 0 Å². The highest BCUT2D eigenvalue weighted by molar-refractivity contribution is 8.14. The van der Waals surface area contributed by atoms with Gasteiger partial charge in [-0.1, -0.05) is 53.3 Å². The molecule has 0 fully saturated rings. The van der Waals surface area contributed by atoms with Crippen LogP contribution in [0.2, 0.25) is 0 Å². The molecule has 0 aromatic heterocycles. The molecule has 7 nitrogen and oxygen atoms in total. The molecule has 2 aromatic carbocycles. The third-order valence-corrected chi connectivity index (χ3v) is 6.06. The molecule has 2 aromatic rings. The summed E-state index contributed by atoms with van der Waals surface area (Å²) in [7, 11) is -4.35. The zero-order valence-electron chi connectivity index (χ0n) is 12.9. The number of hydrogen-bond donors (Lipinski definition) is 1. The number of para-hydroxylation sites is 1. The van der Waals surface area contributed by atoms with Crippen molar-refractivity contribution >= 4 is 38.6 Å². The second-order valence-corrected chi connectivity index (χ2v) is 7.80. The maximum absolute atomic E-state index is 13.1. The molecule has 9 heteroatoms. The number of anilines is 1. The van der Waals surface area contributed by atoms with Crippen LogP contribution in [0.15, 0.2) is 64.6 Å². The average Bonchev–Trinajstić information content (AvgIpc) is 2.63. The standard InChI is InChI=1S/C16H14N2O5S2/c19-16(20)18(12-6-2-1-3-7-12)25(21,22)14-9-5-4-8-13(14)15-17-23-10-11-24-15/h1-9H,10-11H2,(H,19,20). The first-order valence-electron chi connectivity index (χ1n) is 7.27. The number of carbonyl (C=O) groups is 1. The van der Waals surface area contributed by atoms with E-state index < -0.39 is 16.1 Å². The van der Waals surface area contributed by atoms with Gasteiger partial charge in [-0.15, -0.1) is 0 Å². The minimum atomic E-state index is -4.35. The lowest BCUT2D eigenvalue weighted by atomic mass is 10.2. The van der Waals surface area contributed by atoms with Crippen molar-refractivity contribution in [1.82, 2.24) is 0 Å². The van der Waals surface area contributed by atoms with Crippen LogP contribution in [-0.4, -0.2) is 37.0 Å². The minimum Gasteiger partial charge on any atom is -0.464 e. The number of thioether (sulfide) groups is 1. The Kier molecular flexibility index (Phi) is 4.95. The Bertz CT molecular complexity index is 913. The van der Waals surface area contributed by atoms with Gasteiger partial charge in [0.1, 0.15) is 11.7 Å². The number of nitrogens with zero attached hydrogens (tertiary/aromatic N) is 2. The Labute approximate surface area is 149 Å². The highest BCUT2D eigenvalue weighted by Crippen LogP contribution is 2.29. The topological polar surface area (TPSA) is 96.3 Å². The first-order chi connectivity index (χ1) is 12.0. The number of rotatable bonds is 4. The third kappa shape index (κ3) is 3.47. The number of carboxylic acid groups (broad SMARTS) is 1. The number of hydrogen-bond acceptors (Lipinski definition) is 6. The van der Waals surface area contributed by atoms with E-state index in [1.165, 1.54) is 36.0 Å². The summed E-state index contributed by atoms with van der Waals surface area (Å²) in [5.41, 5.74) is 0.355. The van der Waals surface area contributed by atoms with Crippen molar-refractivity contribution in [1.29, 1.82) is 0 Å². The van der Waals surface area contributed by atoms with E-state index in [-0.39, 0.29) is 10.6 Å². The molecule has 0 unspecified atom stereocenters. The fourth-order valence-electron chi connectivity index (χ4n) is 2.32. The molecule has 0 saturated carbocycles. The van der Waals surface area contributed by atoms with E-state index >= 15 is 0 Å². The second kappa shape index (κ2) is 7.16. The maximum Gasteiger partial charge on any atom is 0.426 e. The zero-order chi connectivity index (χ0) is 17.9. The van der Waals surface area contributed by atoms with Crippen LogP contribution in [0.25, 0.3) is 0 Å². The molecule has 1 aliphatic heterocycles. The highest BCUT2D eigenvalue weighted by atomic mass is 32.2. The third-order valence-electron chi connectivity index (χ3n) is 3.36. The molecule has 130 valence electrons. The van der Waals surface area contributed by atoms with Crippen LogP contribution in [0, 0.1) is 0 Å². The van der Waals surface area contributed by atoms with E-state index in [1.54, 1.807) is 30.3 Å². The monoisotopic (exact) mass is 378 g/mol. The van der Waals surface area contributed by atoms with Crippen LogP contribution in [0.3, 0.4) is 0 Å². The molecule has 3 rings (SSSR count). The first-order valence-corrected chi connectivity index (χ1v) is 9.70. The molecule has 0 bridgehead atoms. The number of oxime groups is 1. The van der Waals surface area contributed by atoms with Crippen LogP contribution < -0.4 is 4.31 Å². The largest absolute Gasteiger partial charge is 0.464 e. The predicted octanol–water partition coefficient (Wildman–Crippen LogP) is 2.98. The summed E-state index contributed by atoms with van der Waals surface area (Å²) in [6.45, 7) is 0.439. The summed E-state index contributed by atoms with van der Waals surface area (Å²) in [6, 6.07) is 13.8. The van der Waals surface area contributed by atoms with Gasteiger partial charge in [-0.3, -0.25) is 0 Å². The van der Waals surface area contributed by atoms with Gasteiger partial charge in [0, 0.05) is 11.3 Å². The van der Waals surface area contributed by atoms with Gasteiger partial charge in [0.05, 0.1) is 10.6 Å². The van der Waals surface area contributed by atoms with Crippen molar-refractivity contribution in [2.24, 2.45) is 5.16 Å². The number of amides is 1. The molecule has 1 aliphatic rings. The van der Waals surface area contributed by atoms with Gasteiger partial charge in [-0.25, -0.2) is 13.2 Å². The fraction of sp³-hybridized carbons (Fsp3) is 0.125. The number of benzene rings is 2. The van der Waals surface area contributed by atoms with E-state index in [4.69, 9.17) is 4.84 Å². The van der Waals surface area contributed by atoms with Gasteiger partial charge >= 0.3 is 6.09 Å². The van der Waals surface area contributed by atoms with Gasteiger partial charge in [-0.05, 0) is 18.2 Å². The molecular formula is C16H14N2O5S2. The van der Waals surface area contributed by atoms with E-state index in [9.17, 15) is 18.3 Å². The minimum absolute atomic E-state index is 0.0410. The number of sulfonamides is 1. The highest BCUT2D eigenvalue weighted by Gasteiger charge is 2.33. The lowest BCUT2D eigenvalue weighted by Gasteiger charge is -2.21. The van der Waals surface area contributed by atoms with Crippen LogP contribution in [0.4, 0.5) is 10.5 Å². The Hall–Kier alpha value is -2.52. The summed E-state index contributed by atoms with van der Waals surface area (Å²) in [5, 5.41) is 13.8. The zero-order valence-corrected chi connectivity index (χ0v) is 14.5. The lowest BCUT2D eigenvalue weighted by Crippen LogP contribution is -2.36. The molecule has 25 heavy (non-hydrogen) atoms. The molecule has 0 saturated heterocycles. The first kappa shape index (κ1) is 17.3. The van der Waals surface area contributed by atoms with Crippen LogP contribution in [0.5, 0.6) is 0 Å². The van der Waals surface area contributed by atoms with Gasteiger partial charge in [-0.2, -0.15) is 4.31 Å². The molecule has 1 N–H and O–H groups in total. The lowest BCUT2D eigenvalue weighted by molar-refractivity contribution is 0.160. The van der Waals surface area contributed by atoms with E-state index in [1.807, 2.05) is 0 Å². The van der Waals surface area contributed by atoms with E-state index in [2.05, 4.69) is 5.16 Å². The molecule has 0 spiro atoms. The van der Waals surface area contributed by atoms with Crippen molar-refractivity contribution < 1.29 is 23.2 Å². The van der Waals surface area contributed by atoms with E-state index in [0.29, 0.717) is 27.3 Å². The SMILES string of the molecule is O=C(O)N(c1ccccc1)S(=O)(=O)c1ccccc1C1=NOCCS1. The normalized spacial score (nSPS) is 14.3. The Morgan fingerprint density at radius 3 is 2.44 bits per heavy atom. The quantitative estimate of drug-likeness (QED) is 0.879. The maximum atomic E-state index is 13.1. The van der Waals surface area contributed by atoms with Crippen molar-refractivity contribution in [3.05, 3.63) is 60.2 Å². The van der Waals surface area contributed by atoms with Gasteiger partial charge in [0.15, 0.2) is 0 Å². The molecule has 1 heterocycles. The smallest absolute Gasteiger partial charge is 0.426 e. The van der Waals surface area contributed by atoms with Crippen molar-refractivity contribution in [2.75, 3.05) is 16.7 Å². The molecule has 1 amide bonds. The summed E-state index contributed by atoms with van der Waals surface area (Å²) in [5.74, 6) is 0.633. The van der Waals surface area contributed by atoms with E-state index in [0.717, 1.165) is 0 Å². The second-order valence-electron chi connectivity index (χ2n) is 4.96. The summed E-state index contributed by atoms with van der Waals surface area (Å²) in [6.07, 6.45) is -1.59. The Balaban J connectivity index is 2.14. The van der Waals surface area contributed by atoms with Crippen molar-refractivity contribution in [3.8, 4) is 0 Å². The predicted molar refractivity (Wildman–Crippen MR) is 95.5 cm³/mol. The van der Waals surface area contributed by atoms with Gasteiger partial charge in [0.25, 0.3) is 10.0 Å². The molecule has 0 atom stereocenters. The molecule has 0 radical (unpaired) electrons. The van der Waals surface area contributed by atoms with Gasteiger partial charge in [0.2, 0.25) is 0 Å². The van der Waals surface area contributed by atoms with Gasteiger partial charge < -0.3 is 9.94 Å².